The summed E-state index contributed by atoms with van der Waals surface area (Å²) >= 11 is 1.63. The summed E-state index contributed by atoms with van der Waals surface area (Å²) in [6.45, 7) is 6.35. The van der Waals surface area contributed by atoms with Crippen LogP contribution in [0.2, 0.25) is 0 Å². The molecule has 1 unspecified atom stereocenters. The number of nitrogens with zero attached hydrogens (tertiary/aromatic N) is 4. The lowest BCUT2D eigenvalue weighted by molar-refractivity contribution is -0.126. The molecule has 2 aromatic rings. The third-order valence-electron chi connectivity index (χ3n) is 4.64. The molecule has 3 rings (SSSR count). The molecule has 0 bridgehead atoms. The molecule has 0 saturated heterocycles. The summed E-state index contributed by atoms with van der Waals surface area (Å²) in [5.41, 5.74) is 2.60. The average molecular weight is 359 g/mol. The van der Waals surface area contributed by atoms with Crippen LogP contribution in [-0.2, 0) is 24.3 Å². The first-order valence-corrected chi connectivity index (χ1v) is 9.66. The van der Waals surface area contributed by atoms with Gasteiger partial charge in [-0.1, -0.05) is 36.0 Å². The van der Waals surface area contributed by atoms with Crippen molar-refractivity contribution in [2.75, 3.05) is 19.3 Å². The Labute approximate surface area is 153 Å². The molecule has 7 heteroatoms. The molecule has 0 spiro atoms. The summed E-state index contributed by atoms with van der Waals surface area (Å²) in [5, 5.41) is 12.3. The van der Waals surface area contributed by atoms with Crippen molar-refractivity contribution in [3.8, 4) is 0 Å². The van der Waals surface area contributed by atoms with Crippen LogP contribution in [0.5, 0.6) is 0 Å². The normalized spacial score (nSPS) is 17.3. The fourth-order valence-corrected chi connectivity index (χ4v) is 4.12. The van der Waals surface area contributed by atoms with Gasteiger partial charge in [0.05, 0.1) is 6.04 Å². The number of hydrogen-bond acceptors (Lipinski definition) is 5. The number of aryl methyl sites for hydroxylation is 1. The molecule has 1 aromatic heterocycles. The molecule has 0 fully saturated rings. The van der Waals surface area contributed by atoms with E-state index in [0.29, 0.717) is 6.54 Å². The van der Waals surface area contributed by atoms with Gasteiger partial charge in [0.15, 0.2) is 5.16 Å². The van der Waals surface area contributed by atoms with Gasteiger partial charge >= 0.3 is 0 Å². The number of amides is 1. The number of carbonyl (C=O) groups excluding carboxylic acids is 1. The van der Waals surface area contributed by atoms with E-state index >= 15 is 0 Å². The van der Waals surface area contributed by atoms with E-state index in [2.05, 4.69) is 50.1 Å². The van der Waals surface area contributed by atoms with Crippen LogP contribution in [0.15, 0.2) is 29.4 Å². The number of carbonyl (C=O) groups is 1. The number of nitrogens with one attached hydrogen (secondary N) is 1. The molecular weight excluding hydrogens is 334 g/mol. The Bertz CT molecular complexity index is 745. The first-order chi connectivity index (χ1) is 12.1. The number of fused-ring (bicyclic) bond motifs is 1. The molecule has 0 radical (unpaired) electrons. The van der Waals surface area contributed by atoms with E-state index in [1.54, 1.807) is 11.8 Å². The zero-order valence-electron chi connectivity index (χ0n) is 15.0. The van der Waals surface area contributed by atoms with E-state index < -0.39 is 0 Å². The van der Waals surface area contributed by atoms with E-state index in [9.17, 15) is 4.79 Å². The maximum Gasteiger partial charge on any atom is 0.237 e. The number of aromatic nitrogens is 3. The van der Waals surface area contributed by atoms with Crippen LogP contribution in [0.4, 0.5) is 0 Å². The zero-order chi connectivity index (χ0) is 17.8. The Hall–Kier alpha value is -1.86. The fraction of sp³-hybridized carbons (Fsp3) is 0.500. The molecule has 1 aliphatic rings. The largest absolute Gasteiger partial charge is 0.354 e. The van der Waals surface area contributed by atoms with Crippen LogP contribution in [0.25, 0.3) is 0 Å². The van der Waals surface area contributed by atoms with E-state index in [0.717, 1.165) is 36.2 Å². The van der Waals surface area contributed by atoms with Crippen LogP contribution in [0.1, 0.15) is 23.9 Å². The van der Waals surface area contributed by atoms with Gasteiger partial charge in [-0.15, -0.1) is 10.2 Å². The highest BCUT2D eigenvalue weighted by molar-refractivity contribution is 7.99. The highest BCUT2D eigenvalue weighted by Crippen LogP contribution is 2.22. The van der Waals surface area contributed by atoms with Crippen molar-refractivity contribution >= 4 is 17.7 Å². The van der Waals surface area contributed by atoms with Gasteiger partial charge in [-0.25, -0.2) is 0 Å². The molecule has 2 heterocycles. The summed E-state index contributed by atoms with van der Waals surface area (Å²) in [5.74, 6) is 1.82. The van der Waals surface area contributed by atoms with Crippen LogP contribution < -0.4 is 5.32 Å². The van der Waals surface area contributed by atoms with Gasteiger partial charge in [0.2, 0.25) is 5.91 Å². The minimum atomic E-state index is -0.0959. The molecule has 1 atom stereocenters. The second-order valence-electron chi connectivity index (χ2n) is 6.32. The Kier molecular flexibility index (Phi) is 5.75. The molecule has 0 saturated carbocycles. The van der Waals surface area contributed by atoms with Gasteiger partial charge in [-0.05, 0) is 38.4 Å². The van der Waals surface area contributed by atoms with Crippen molar-refractivity contribution in [1.82, 2.24) is 25.0 Å². The second kappa shape index (κ2) is 8.01. The Morgan fingerprint density at radius 3 is 2.84 bits per heavy atom. The molecule has 134 valence electrons. The SMILES string of the molecule is CCn1c(C)nnc1SCCNC(=O)C1Cc2ccccc2CN1C. The third-order valence-corrected chi connectivity index (χ3v) is 5.61. The molecule has 0 aliphatic carbocycles. The smallest absolute Gasteiger partial charge is 0.237 e. The minimum absolute atomic E-state index is 0.0959. The van der Waals surface area contributed by atoms with Crippen molar-refractivity contribution < 1.29 is 4.79 Å². The number of hydrogen-bond donors (Lipinski definition) is 1. The molecular formula is C18H25N5OS. The van der Waals surface area contributed by atoms with Crippen molar-refractivity contribution in [3.05, 3.63) is 41.2 Å². The predicted octanol–water partition coefficient (Wildman–Crippen LogP) is 1.87. The predicted molar refractivity (Wildman–Crippen MR) is 99.6 cm³/mol. The minimum Gasteiger partial charge on any atom is -0.354 e. The van der Waals surface area contributed by atoms with Gasteiger partial charge in [-0.3, -0.25) is 9.69 Å². The van der Waals surface area contributed by atoms with Gasteiger partial charge in [-0.2, -0.15) is 0 Å². The summed E-state index contributed by atoms with van der Waals surface area (Å²) in [6, 6.07) is 8.27. The molecule has 25 heavy (non-hydrogen) atoms. The van der Waals surface area contributed by atoms with Crippen LogP contribution >= 0.6 is 11.8 Å². The van der Waals surface area contributed by atoms with E-state index in [1.807, 2.05) is 20.0 Å². The first-order valence-electron chi connectivity index (χ1n) is 8.67. The summed E-state index contributed by atoms with van der Waals surface area (Å²) in [4.78, 5) is 14.7. The Morgan fingerprint density at radius 2 is 2.08 bits per heavy atom. The molecule has 1 aliphatic heterocycles. The van der Waals surface area contributed by atoms with Crippen LogP contribution in [0.3, 0.4) is 0 Å². The van der Waals surface area contributed by atoms with Gasteiger partial charge in [0, 0.05) is 25.4 Å². The molecule has 6 nitrogen and oxygen atoms in total. The van der Waals surface area contributed by atoms with E-state index in [1.165, 1.54) is 11.1 Å². The van der Waals surface area contributed by atoms with Crippen LogP contribution in [-0.4, -0.2) is 51.0 Å². The second-order valence-corrected chi connectivity index (χ2v) is 7.38. The number of likely N-dealkylation sites (N-methyl/N-ethyl adjacent to an activating group) is 1. The molecule has 1 aromatic carbocycles. The molecule has 1 N–H and O–H groups in total. The quantitative estimate of drug-likeness (QED) is 0.630. The Balaban J connectivity index is 1.50. The van der Waals surface area contributed by atoms with Gasteiger partial charge in [0.25, 0.3) is 0 Å². The van der Waals surface area contributed by atoms with Crippen molar-refractivity contribution in [3.63, 3.8) is 0 Å². The van der Waals surface area contributed by atoms with Crippen molar-refractivity contribution in [1.29, 1.82) is 0 Å². The lowest BCUT2D eigenvalue weighted by atomic mass is 9.94. The molecule has 1 amide bonds. The maximum absolute atomic E-state index is 12.6. The summed E-state index contributed by atoms with van der Waals surface area (Å²) in [6.07, 6.45) is 0.773. The van der Waals surface area contributed by atoms with Gasteiger partial charge < -0.3 is 9.88 Å². The number of thioether (sulfide) groups is 1. The standard InChI is InChI=1S/C18H25N5OS/c1-4-23-13(2)20-21-18(23)25-10-9-19-17(24)16-11-14-7-5-6-8-15(14)12-22(16)3/h5-8,16H,4,9-12H2,1-3H3,(H,19,24). The topological polar surface area (TPSA) is 63.1 Å². The number of benzene rings is 1. The fourth-order valence-electron chi connectivity index (χ4n) is 3.21. The monoisotopic (exact) mass is 359 g/mol. The average Bonchev–Trinajstić information content (AvgIpc) is 2.97. The highest BCUT2D eigenvalue weighted by atomic mass is 32.2. The lowest BCUT2D eigenvalue weighted by Gasteiger charge is -2.33. The van der Waals surface area contributed by atoms with Crippen molar-refractivity contribution in [2.45, 2.75) is 44.6 Å². The maximum atomic E-state index is 12.6. The first kappa shape index (κ1) is 17.9. The van der Waals surface area contributed by atoms with Gasteiger partial charge in [0.1, 0.15) is 5.82 Å². The van der Waals surface area contributed by atoms with E-state index in [-0.39, 0.29) is 11.9 Å². The Morgan fingerprint density at radius 1 is 1.32 bits per heavy atom. The van der Waals surface area contributed by atoms with Crippen LogP contribution in [0, 0.1) is 6.92 Å². The zero-order valence-corrected chi connectivity index (χ0v) is 15.8. The number of rotatable bonds is 6. The van der Waals surface area contributed by atoms with E-state index in [4.69, 9.17) is 0 Å². The summed E-state index contributed by atoms with van der Waals surface area (Å²) in [7, 11) is 2.02. The summed E-state index contributed by atoms with van der Waals surface area (Å²) < 4.78 is 2.08. The lowest BCUT2D eigenvalue weighted by Crippen LogP contribution is -2.48. The van der Waals surface area contributed by atoms with Crippen molar-refractivity contribution in [2.24, 2.45) is 0 Å². The highest BCUT2D eigenvalue weighted by Gasteiger charge is 2.28. The third kappa shape index (κ3) is 4.04.